The standard InChI is InChI=1S/C7H15NOS/c8-3-5-10-6-7-2-1-4-9-7/h7H,1-6,8H2/p+1. The van der Waals surface area contributed by atoms with Crippen molar-refractivity contribution in [1.29, 1.82) is 0 Å². The van der Waals surface area contributed by atoms with Gasteiger partial charge in [-0.25, -0.2) is 0 Å². The zero-order chi connectivity index (χ0) is 7.23. The summed E-state index contributed by atoms with van der Waals surface area (Å²) in [5.74, 6) is 2.36. The van der Waals surface area contributed by atoms with E-state index in [1.165, 1.54) is 24.3 Å². The summed E-state index contributed by atoms with van der Waals surface area (Å²) >= 11 is 1.96. The van der Waals surface area contributed by atoms with Gasteiger partial charge >= 0.3 is 0 Å². The van der Waals surface area contributed by atoms with Crippen molar-refractivity contribution in [3.63, 3.8) is 0 Å². The highest BCUT2D eigenvalue weighted by Gasteiger charge is 2.14. The first-order valence-electron chi connectivity index (χ1n) is 3.92. The average Bonchev–Trinajstić information content (AvgIpc) is 2.41. The maximum Gasteiger partial charge on any atom is 0.0831 e. The molecule has 1 saturated heterocycles. The lowest BCUT2D eigenvalue weighted by atomic mass is 10.3. The Kier molecular flexibility index (Phi) is 4.18. The van der Waals surface area contributed by atoms with Gasteiger partial charge in [0.15, 0.2) is 0 Å². The molecule has 2 nitrogen and oxygen atoms in total. The van der Waals surface area contributed by atoms with Crippen LogP contribution in [0.2, 0.25) is 0 Å². The number of quaternary nitrogens is 1. The van der Waals surface area contributed by atoms with E-state index in [0.29, 0.717) is 6.10 Å². The van der Waals surface area contributed by atoms with E-state index in [4.69, 9.17) is 4.74 Å². The highest BCUT2D eigenvalue weighted by molar-refractivity contribution is 7.99. The van der Waals surface area contributed by atoms with Crippen LogP contribution in [0.25, 0.3) is 0 Å². The molecule has 3 N–H and O–H groups in total. The molecule has 1 unspecified atom stereocenters. The van der Waals surface area contributed by atoms with Crippen LogP contribution in [0.4, 0.5) is 0 Å². The van der Waals surface area contributed by atoms with E-state index >= 15 is 0 Å². The summed E-state index contributed by atoms with van der Waals surface area (Å²) in [6, 6.07) is 0. The van der Waals surface area contributed by atoms with E-state index in [1.54, 1.807) is 0 Å². The predicted octanol–water partition coefficient (Wildman–Crippen LogP) is 0.141. The third kappa shape index (κ3) is 2.90. The molecule has 10 heavy (non-hydrogen) atoms. The number of rotatable bonds is 4. The normalized spacial score (nSPS) is 25.5. The van der Waals surface area contributed by atoms with Gasteiger partial charge in [0.2, 0.25) is 0 Å². The van der Waals surface area contributed by atoms with Crippen molar-refractivity contribution in [3.05, 3.63) is 0 Å². The van der Waals surface area contributed by atoms with Crippen LogP contribution in [-0.2, 0) is 4.74 Å². The summed E-state index contributed by atoms with van der Waals surface area (Å²) in [7, 11) is 0. The fourth-order valence-electron chi connectivity index (χ4n) is 1.09. The molecule has 0 radical (unpaired) electrons. The minimum absolute atomic E-state index is 0.552. The summed E-state index contributed by atoms with van der Waals surface area (Å²) in [4.78, 5) is 0. The Morgan fingerprint density at radius 3 is 3.10 bits per heavy atom. The van der Waals surface area contributed by atoms with Gasteiger partial charge in [-0.1, -0.05) is 0 Å². The van der Waals surface area contributed by atoms with Crippen LogP contribution in [0.5, 0.6) is 0 Å². The highest BCUT2D eigenvalue weighted by Crippen LogP contribution is 2.16. The van der Waals surface area contributed by atoms with Crippen molar-refractivity contribution in [1.82, 2.24) is 0 Å². The minimum atomic E-state index is 0.552. The Bertz CT molecular complexity index is 83.7. The Morgan fingerprint density at radius 1 is 1.60 bits per heavy atom. The van der Waals surface area contributed by atoms with Gasteiger partial charge in [-0.15, -0.1) is 0 Å². The van der Waals surface area contributed by atoms with Gasteiger partial charge in [-0.2, -0.15) is 11.8 Å². The molecule has 0 aromatic rings. The second-order valence-corrected chi connectivity index (χ2v) is 3.71. The molecule has 1 rings (SSSR count). The predicted molar refractivity (Wildman–Crippen MR) is 44.1 cm³/mol. The number of thioether (sulfide) groups is 1. The van der Waals surface area contributed by atoms with Crippen LogP contribution in [0, 0.1) is 0 Å². The Labute approximate surface area is 66.5 Å². The molecule has 0 aromatic carbocycles. The topological polar surface area (TPSA) is 36.9 Å². The van der Waals surface area contributed by atoms with Crippen LogP contribution < -0.4 is 5.73 Å². The van der Waals surface area contributed by atoms with Crippen LogP contribution >= 0.6 is 11.8 Å². The van der Waals surface area contributed by atoms with Crippen molar-refractivity contribution in [2.24, 2.45) is 0 Å². The molecule has 1 atom stereocenters. The molecular formula is C7H16NOS+. The van der Waals surface area contributed by atoms with Gasteiger partial charge in [0.25, 0.3) is 0 Å². The van der Waals surface area contributed by atoms with Gasteiger partial charge in [0, 0.05) is 18.1 Å². The minimum Gasteiger partial charge on any atom is -0.377 e. The third-order valence-corrected chi connectivity index (χ3v) is 2.80. The molecule has 0 bridgehead atoms. The fourth-order valence-corrected chi connectivity index (χ4v) is 1.99. The number of hydrogen-bond acceptors (Lipinski definition) is 2. The van der Waals surface area contributed by atoms with Crippen molar-refractivity contribution >= 4 is 11.8 Å². The van der Waals surface area contributed by atoms with Crippen molar-refractivity contribution in [3.8, 4) is 0 Å². The summed E-state index contributed by atoms with van der Waals surface area (Å²) in [5, 5.41) is 0. The van der Waals surface area contributed by atoms with Crippen molar-refractivity contribution in [2.75, 3.05) is 24.7 Å². The quantitative estimate of drug-likeness (QED) is 0.597. The maximum atomic E-state index is 5.46. The van der Waals surface area contributed by atoms with Crippen molar-refractivity contribution < 1.29 is 10.5 Å². The zero-order valence-electron chi connectivity index (χ0n) is 6.34. The second-order valence-electron chi connectivity index (χ2n) is 2.56. The molecule has 1 aliphatic heterocycles. The zero-order valence-corrected chi connectivity index (χ0v) is 7.16. The van der Waals surface area contributed by atoms with Gasteiger partial charge in [0.1, 0.15) is 0 Å². The Balaban J connectivity index is 1.91. The SMILES string of the molecule is [NH3+]CCSCC1CCCO1. The molecule has 0 saturated carbocycles. The summed E-state index contributed by atoms with van der Waals surface area (Å²) in [6.07, 6.45) is 3.08. The van der Waals surface area contributed by atoms with E-state index in [2.05, 4.69) is 5.73 Å². The molecule has 1 fully saturated rings. The first-order chi connectivity index (χ1) is 4.93. The van der Waals surface area contributed by atoms with Gasteiger partial charge in [-0.05, 0) is 12.8 Å². The molecule has 0 aliphatic carbocycles. The maximum absolute atomic E-state index is 5.46. The van der Waals surface area contributed by atoms with E-state index in [-0.39, 0.29) is 0 Å². The molecule has 1 heterocycles. The average molecular weight is 162 g/mol. The molecule has 0 spiro atoms. The summed E-state index contributed by atoms with van der Waals surface area (Å²) in [6.45, 7) is 2.02. The van der Waals surface area contributed by atoms with Gasteiger partial charge in [-0.3, -0.25) is 0 Å². The lowest BCUT2D eigenvalue weighted by molar-refractivity contribution is -0.360. The summed E-state index contributed by atoms with van der Waals surface area (Å²) in [5.41, 5.74) is 3.79. The molecular weight excluding hydrogens is 146 g/mol. The Morgan fingerprint density at radius 2 is 2.50 bits per heavy atom. The molecule has 1 aliphatic rings. The second kappa shape index (κ2) is 4.99. The molecule has 3 heteroatoms. The summed E-state index contributed by atoms with van der Waals surface area (Å²) < 4.78 is 5.46. The lowest BCUT2D eigenvalue weighted by Crippen LogP contribution is -2.51. The highest BCUT2D eigenvalue weighted by atomic mass is 32.2. The van der Waals surface area contributed by atoms with Crippen molar-refractivity contribution in [2.45, 2.75) is 18.9 Å². The third-order valence-electron chi connectivity index (χ3n) is 1.62. The van der Waals surface area contributed by atoms with E-state index in [9.17, 15) is 0 Å². The first-order valence-corrected chi connectivity index (χ1v) is 5.07. The van der Waals surface area contributed by atoms with E-state index < -0.39 is 0 Å². The Hall–Kier alpha value is 0.270. The lowest BCUT2D eigenvalue weighted by Gasteiger charge is -2.06. The van der Waals surface area contributed by atoms with Crippen LogP contribution in [0.15, 0.2) is 0 Å². The van der Waals surface area contributed by atoms with Crippen LogP contribution in [0.3, 0.4) is 0 Å². The first kappa shape index (κ1) is 8.37. The smallest absolute Gasteiger partial charge is 0.0831 e. The molecule has 0 aromatic heterocycles. The van der Waals surface area contributed by atoms with Crippen LogP contribution in [-0.4, -0.2) is 30.8 Å². The van der Waals surface area contributed by atoms with E-state index in [0.717, 1.165) is 13.2 Å². The monoisotopic (exact) mass is 162 g/mol. The fraction of sp³-hybridized carbons (Fsp3) is 1.00. The number of hydrogen-bond donors (Lipinski definition) is 1. The molecule has 60 valence electrons. The van der Waals surface area contributed by atoms with E-state index in [1.807, 2.05) is 11.8 Å². The van der Waals surface area contributed by atoms with Crippen LogP contribution in [0.1, 0.15) is 12.8 Å². The number of ether oxygens (including phenoxy) is 1. The largest absolute Gasteiger partial charge is 0.377 e. The molecule has 0 amide bonds. The van der Waals surface area contributed by atoms with Gasteiger partial charge < -0.3 is 10.5 Å². The van der Waals surface area contributed by atoms with Gasteiger partial charge in [0.05, 0.1) is 12.6 Å².